The maximum absolute atomic E-state index is 11.6. The molecule has 1 aromatic rings. The average Bonchev–Trinajstić information content (AvgIpc) is 2.38. The van der Waals surface area contributed by atoms with Crippen LogP contribution < -0.4 is 0 Å². The Hall–Kier alpha value is -2.19. The van der Waals surface area contributed by atoms with Crippen LogP contribution in [-0.2, 0) is 9.53 Å². The molecule has 0 aromatic heterocycles. The van der Waals surface area contributed by atoms with Crippen molar-refractivity contribution in [1.82, 2.24) is 0 Å². The molecule has 20 heavy (non-hydrogen) atoms. The molecule has 1 aromatic carbocycles. The van der Waals surface area contributed by atoms with E-state index in [2.05, 4.69) is 36.7 Å². The molecule has 0 amide bonds. The predicted molar refractivity (Wildman–Crippen MR) is 81.0 cm³/mol. The van der Waals surface area contributed by atoms with Crippen molar-refractivity contribution in [2.24, 2.45) is 0 Å². The molecule has 4 nitrogen and oxygen atoms in total. The molecule has 5 heteroatoms. The SMILES string of the molecule is C=C=C(C(OC(=O)C=[N+]=[N-])c1ccccc1)[Si](C)(C)C. The minimum absolute atomic E-state index is 0.550. The van der Waals surface area contributed by atoms with E-state index < -0.39 is 20.1 Å². The number of carbonyl (C=O) groups is 1. The van der Waals surface area contributed by atoms with Gasteiger partial charge < -0.3 is 10.3 Å². The molecule has 0 aliphatic carbocycles. The summed E-state index contributed by atoms with van der Waals surface area (Å²) in [5.41, 5.74) is 12.2. The summed E-state index contributed by atoms with van der Waals surface area (Å²) in [6.07, 6.45) is 0.187. The van der Waals surface area contributed by atoms with Crippen molar-refractivity contribution in [3.8, 4) is 0 Å². The van der Waals surface area contributed by atoms with E-state index >= 15 is 0 Å². The van der Waals surface area contributed by atoms with Gasteiger partial charge >= 0.3 is 12.2 Å². The van der Waals surface area contributed by atoms with Gasteiger partial charge in [0.1, 0.15) is 0 Å². The molecule has 0 fully saturated rings. The maximum atomic E-state index is 11.6. The van der Waals surface area contributed by atoms with Crippen molar-refractivity contribution < 1.29 is 14.3 Å². The molecule has 0 radical (unpaired) electrons. The highest BCUT2D eigenvalue weighted by Crippen LogP contribution is 2.31. The first-order valence-electron chi connectivity index (χ1n) is 6.23. The van der Waals surface area contributed by atoms with Crippen molar-refractivity contribution in [3.63, 3.8) is 0 Å². The zero-order valence-electron chi connectivity index (χ0n) is 12.0. The summed E-state index contributed by atoms with van der Waals surface area (Å²) in [5, 5.41) is 0.892. The fourth-order valence-corrected chi connectivity index (χ4v) is 3.41. The predicted octanol–water partition coefficient (Wildman–Crippen LogP) is 3.16. The second-order valence-electron chi connectivity index (χ2n) is 5.31. The van der Waals surface area contributed by atoms with Gasteiger partial charge in [-0.25, -0.2) is 4.79 Å². The van der Waals surface area contributed by atoms with Crippen LogP contribution >= 0.6 is 0 Å². The average molecular weight is 286 g/mol. The molecule has 0 heterocycles. The van der Waals surface area contributed by atoms with Crippen molar-refractivity contribution in [1.29, 1.82) is 0 Å². The lowest BCUT2D eigenvalue weighted by atomic mass is 10.1. The zero-order chi connectivity index (χ0) is 15.2. The highest BCUT2D eigenvalue weighted by Gasteiger charge is 2.31. The second kappa shape index (κ2) is 6.82. The number of ether oxygens (including phenoxy) is 1. The van der Waals surface area contributed by atoms with Gasteiger partial charge in [0, 0.05) is 5.20 Å². The van der Waals surface area contributed by atoms with Crippen LogP contribution in [0.15, 0.2) is 47.8 Å². The molecule has 0 saturated heterocycles. The van der Waals surface area contributed by atoms with Gasteiger partial charge in [0.2, 0.25) is 0 Å². The molecule has 0 N–H and O–H groups in total. The molecule has 104 valence electrons. The number of nitrogens with zero attached hydrogens (tertiary/aromatic N) is 2. The minimum atomic E-state index is -1.76. The lowest BCUT2D eigenvalue weighted by Gasteiger charge is -2.26. The van der Waals surface area contributed by atoms with Gasteiger partial charge in [-0.15, -0.1) is 5.73 Å². The summed E-state index contributed by atoms with van der Waals surface area (Å²) >= 11 is 0. The number of carbonyl (C=O) groups excluding carboxylic acids is 1. The quantitative estimate of drug-likeness (QED) is 0.208. The smallest absolute Gasteiger partial charge is 0.414 e. The number of hydrogen-bond acceptors (Lipinski definition) is 2. The Kier molecular flexibility index (Phi) is 5.41. The van der Waals surface area contributed by atoms with E-state index in [9.17, 15) is 4.79 Å². The summed E-state index contributed by atoms with van der Waals surface area (Å²) in [4.78, 5) is 14.3. The van der Waals surface area contributed by atoms with Crippen molar-refractivity contribution >= 4 is 20.3 Å². The fraction of sp³-hybridized carbons (Fsp3) is 0.267. The van der Waals surface area contributed by atoms with E-state index in [1.54, 1.807) is 0 Å². The van der Waals surface area contributed by atoms with Crippen LogP contribution in [0.25, 0.3) is 5.53 Å². The van der Waals surface area contributed by atoms with Gasteiger partial charge in [-0.2, -0.15) is 4.79 Å². The molecular weight excluding hydrogens is 268 g/mol. The van der Waals surface area contributed by atoms with E-state index in [4.69, 9.17) is 10.3 Å². The van der Waals surface area contributed by atoms with E-state index in [1.165, 1.54) is 0 Å². The van der Waals surface area contributed by atoms with Gasteiger partial charge in [0.05, 0.1) is 8.07 Å². The van der Waals surface area contributed by atoms with Crippen LogP contribution in [0.1, 0.15) is 11.7 Å². The Morgan fingerprint density at radius 2 is 2.00 bits per heavy atom. The summed E-state index contributed by atoms with van der Waals surface area (Å²) in [7, 11) is -1.76. The third kappa shape index (κ3) is 4.18. The molecule has 0 spiro atoms. The normalized spacial score (nSPS) is 11.8. The number of esters is 1. The Balaban J connectivity index is 3.24. The third-order valence-electron chi connectivity index (χ3n) is 2.76. The van der Waals surface area contributed by atoms with E-state index in [0.717, 1.165) is 17.0 Å². The summed E-state index contributed by atoms with van der Waals surface area (Å²) in [6.45, 7) is 10.1. The van der Waals surface area contributed by atoms with Crippen LogP contribution in [0.3, 0.4) is 0 Å². The van der Waals surface area contributed by atoms with Crippen molar-refractivity contribution in [3.05, 3.63) is 58.9 Å². The molecule has 0 aliphatic heterocycles. The lowest BCUT2D eigenvalue weighted by molar-refractivity contribution is -0.142. The summed E-state index contributed by atoms with van der Waals surface area (Å²) in [6, 6.07) is 9.41. The van der Waals surface area contributed by atoms with Crippen LogP contribution in [0.2, 0.25) is 19.6 Å². The molecule has 0 bridgehead atoms. The zero-order valence-corrected chi connectivity index (χ0v) is 13.0. The van der Waals surface area contributed by atoms with E-state index in [1.807, 2.05) is 30.3 Å². The maximum Gasteiger partial charge on any atom is 0.414 e. The van der Waals surface area contributed by atoms with Gasteiger partial charge in [-0.1, -0.05) is 56.6 Å². The first-order chi connectivity index (χ1) is 9.40. The van der Waals surface area contributed by atoms with Crippen LogP contribution in [0.5, 0.6) is 0 Å². The van der Waals surface area contributed by atoms with Gasteiger partial charge in [-0.05, 0) is 5.56 Å². The highest BCUT2D eigenvalue weighted by molar-refractivity contribution is 6.83. The Labute approximate surface area is 120 Å². The first-order valence-corrected chi connectivity index (χ1v) is 9.73. The van der Waals surface area contributed by atoms with E-state index in [0.29, 0.717) is 0 Å². The van der Waals surface area contributed by atoms with Crippen LogP contribution in [-0.4, -0.2) is 25.0 Å². The van der Waals surface area contributed by atoms with Gasteiger partial charge in [0.15, 0.2) is 6.10 Å². The molecule has 1 unspecified atom stereocenters. The van der Waals surface area contributed by atoms with E-state index in [-0.39, 0.29) is 0 Å². The summed E-state index contributed by atoms with van der Waals surface area (Å²) in [5.74, 6) is -0.702. The molecule has 0 saturated carbocycles. The number of rotatable bonds is 5. The molecule has 0 aliphatic rings. The summed E-state index contributed by atoms with van der Waals surface area (Å²) < 4.78 is 5.40. The Bertz CT molecular complexity index is 578. The first kappa shape index (κ1) is 15.9. The topological polar surface area (TPSA) is 62.7 Å². The third-order valence-corrected chi connectivity index (χ3v) is 4.82. The van der Waals surface area contributed by atoms with Gasteiger partial charge in [0.25, 0.3) is 0 Å². The lowest BCUT2D eigenvalue weighted by Crippen LogP contribution is -2.30. The van der Waals surface area contributed by atoms with Crippen molar-refractivity contribution in [2.75, 3.05) is 0 Å². The molecule has 1 atom stereocenters. The van der Waals surface area contributed by atoms with Gasteiger partial charge in [-0.3, -0.25) is 0 Å². The standard InChI is InChI=1S/C15H18N2O2Si/c1-5-13(20(2,3)4)15(19-14(18)11-17-16)12-9-7-6-8-10-12/h6-11,15H,1H2,2-4H3. The Morgan fingerprint density at radius 3 is 2.45 bits per heavy atom. The minimum Gasteiger partial charge on any atom is -0.444 e. The monoisotopic (exact) mass is 286 g/mol. The largest absolute Gasteiger partial charge is 0.444 e. The Morgan fingerprint density at radius 1 is 1.40 bits per heavy atom. The van der Waals surface area contributed by atoms with Crippen LogP contribution in [0.4, 0.5) is 0 Å². The number of benzene rings is 1. The van der Waals surface area contributed by atoms with Crippen molar-refractivity contribution in [2.45, 2.75) is 25.7 Å². The number of hydrogen-bond donors (Lipinski definition) is 0. The second-order valence-corrected chi connectivity index (χ2v) is 10.4. The fourth-order valence-electron chi connectivity index (χ4n) is 1.87. The highest BCUT2D eigenvalue weighted by atomic mass is 28.3. The van der Waals surface area contributed by atoms with Crippen LogP contribution in [0, 0.1) is 0 Å². The molecular formula is C15H18N2O2Si. The molecule has 1 rings (SSSR count).